The molecule has 0 atom stereocenters. The molecule has 0 fully saturated rings. The molecule has 4 heteroatoms. The summed E-state index contributed by atoms with van der Waals surface area (Å²) in [6, 6.07) is 0. The summed E-state index contributed by atoms with van der Waals surface area (Å²) < 4.78 is 0. The van der Waals surface area contributed by atoms with E-state index in [1.807, 2.05) is 0 Å². The van der Waals surface area contributed by atoms with Gasteiger partial charge in [0.25, 0.3) is 0 Å². The number of carbonyl (C=O) groups is 1. The molecule has 0 aliphatic carbocycles. The Labute approximate surface area is 79.2 Å². The zero-order valence-corrected chi connectivity index (χ0v) is 8.96. The van der Waals surface area contributed by atoms with Crippen molar-refractivity contribution in [2.75, 3.05) is 13.6 Å². The second-order valence-corrected chi connectivity index (χ2v) is 4.53. The van der Waals surface area contributed by atoms with E-state index in [1.54, 1.807) is 39.6 Å². The van der Waals surface area contributed by atoms with Crippen LogP contribution in [-0.4, -0.2) is 45.8 Å². The van der Waals surface area contributed by atoms with E-state index in [0.29, 0.717) is 6.54 Å². The molecular weight excluding hydrogens is 170 g/mol. The molecule has 13 heavy (non-hydrogen) atoms. The second kappa shape index (κ2) is 3.64. The molecule has 0 aromatic carbocycles. The number of aliphatic carboxylic acids is 1. The van der Waals surface area contributed by atoms with Crippen molar-refractivity contribution in [1.29, 1.82) is 0 Å². The van der Waals surface area contributed by atoms with Crippen molar-refractivity contribution in [3.8, 4) is 0 Å². The molecule has 0 bridgehead atoms. The molecule has 0 saturated heterocycles. The Balaban J connectivity index is 4.43. The molecule has 0 spiro atoms. The largest absolute Gasteiger partial charge is 0.480 e. The zero-order chi connectivity index (χ0) is 10.9. The molecule has 0 rings (SSSR count). The zero-order valence-electron chi connectivity index (χ0n) is 8.96. The first-order chi connectivity index (χ1) is 5.57. The van der Waals surface area contributed by atoms with Crippen molar-refractivity contribution >= 4 is 5.97 Å². The van der Waals surface area contributed by atoms with Gasteiger partial charge in [-0.1, -0.05) is 0 Å². The molecule has 0 saturated carbocycles. The van der Waals surface area contributed by atoms with Crippen LogP contribution in [0.3, 0.4) is 0 Å². The van der Waals surface area contributed by atoms with E-state index in [-0.39, 0.29) is 0 Å². The summed E-state index contributed by atoms with van der Waals surface area (Å²) in [5.41, 5.74) is -1.82. The third kappa shape index (κ3) is 3.74. The van der Waals surface area contributed by atoms with Gasteiger partial charge in [-0.2, -0.15) is 0 Å². The second-order valence-electron chi connectivity index (χ2n) is 4.53. The standard InChI is InChI=1S/C9H19NO3/c1-8(2,13)6-10(5)9(3,4)7(11)12/h13H,6H2,1-5H3,(H,11,12). The van der Waals surface area contributed by atoms with Gasteiger partial charge < -0.3 is 10.2 Å². The molecule has 0 aromatic rings. The first-order valence-electron chi connectivity index (χ1n) is 4.24. The van der Waals surface area contributed by atoms with Gasteiger partial charge in [-0.25, -0.2) is 0 Å². The Hall–Kier alpha value is -0.610. The van der Waals surface area contributed by atoms with Gasteiger partial charge in [0, 0.05) is 6.54 Å². The Bertz CT molecular complexity index is 194. The van der Waals surface area contributed by atoms with Crippen LogP contribution in [-0.2, 0) is 4.79 Å². The lowest BCUT2D eigenvalue weighted by molar-refractivity contribution is -0.149. The van der Waals surface area contributed by atoms with Crippen LogP contribution >= 0.6 is 0 Å². The van der Waals surface area contributed by atoms with Crippen LogP contribution in [0, 0.1) is 0 Å². The highest BCUT2D eigenvalue weighted by Gasteiger charge is 2.34. The number of β-amino-alcohol motifs (C(OH)–C–C–N with tert-alkyl or cyclic N) is 1. The molecule has 0 aromatic heterocycles. The van der Waals surface area contributed by atoms with Crippen molar-refractivity contribution in [3.05, 3.63) is 0 Å². The van der Waals surface area contributed by atoms with E-state index in [2.05, 4.69) is 0 Å². The van der Waals surface area contributed by atoms with Gasteiger partial charge in [-0.05, 0) is 34.7 Å². The molecule has 4 nitrogen and oxygen atoms in total. The van der Waals surface area contributed by atoms with Crippen molar-refractivity contribution < 1.29 is 15.0 Å². The number of likely N-dealkylation sites (N-methyl/N-ethyl adjacent to an activating group) is 1. The van der Waals surface area contributed by atoms with E-state index in [9.17, 15) is 9.90 Å². The minimum Gasteiger partial charge on any atom is -0.480 e. The Morgan fingerprint density at radius 2 is 1.69 bits per heavy atom. The maximum Gasteiger partial charge on any atom is 0.323 e. The van der Waals surface area contributed by atoms with E-state index in [1.165, 1.54) is 0 Å². The SMILES string of the molecule is CN(CC(C)(C)O)C(C)(C)C(=O)O. The Morgan fingerprint density at radius 3 is 1.92 bits per heavy atom. The fourth-order valence-corrected chi connectivity index (χ4v) is 0.941. The van der Waals surface area contributed by atoms with Crippen LogP contribution in [0.2, 0.25) is 0 Å². The van der Waals surface area contributed by atoms with Gasteiger partial charge in [0.15, 0.2) is 0 Å². The predicted molar refractivity (Wildman–Crippen MR) is 50.6 cm³/mol. The fraction of sp³-hybridized carbons (Fsp3) is 0.889. The Kier molecular flexibility index (Phi) is 3.47. The summed E-state index contributed by atoms with van der Waals surface area (Å²) in [5, 5.41) is 18.4. The third-order valence-corrected chi connectivity index (χ3v) is 2.10. The van der Waals surface area contributed by atoms with E-state index in [4.69, 9.17) is 5.11 Å². The minimum absolute atomic E-state index is 0.326. The lowest BCUT2D eigenvalue weighted by atomic mass is 10.0. The van der Waals surface area contributed by atoms with Crippen LogP contribution < -0.4 is 0 Å². The van der Waals surface area contributed by atoms with Gasteiger partial charge in [-0.15, -0.1) is 0 Å². The summed E-state index contributed by atoms with van der Waals surface area (Å²) in [7, 11) is 1.69. The molecule has 0 amide bonds. The van der Waals surface area contributed by atoms with Crippen LogP contribution in [0.25, 0.3) is 0 Å². The molecule has 0 aliphatic rings. The molecule has 78 valence electrons. The molecule has 2 N–H and O–H groups in total. The third-order valence-electron chi connectivity index (χ3n) is 2.10. The van der Waals surface area contributed by atoms with Gasteiger partial charge in [-0.3, -0.25) is 9.69 Å². The quantitative estimate of drug-likeness (QED) is 0.678. The van der Waals surface area contributed by atoms with Crippen LogP contribution in [0.15, 0.2) is 0 Å². The summed E-state index contributed by atoms with van der Waals surface area (Å²) in [4.78, 5) is 12.4. The van der Waals surface area contributed by atoms with Gasteiger partial charge >= 0.3 is 5.97 Å². The highest BCUT2D eigenvalue weighted by Crippen LogP contribution is 2.15. The normalized spacial score (nSPS) is 13.5. The first kappa shape index (κ1) is 12.4. The van der Waals surface area contributed by atoms with Crippen molar-refractivity contribution in [3.63, 3.8) is 0 Å². The fourth-order valence-electron chi connectivity index (χ4n) is 0.941. The number of hydrogen-bond donors (Lipinski definition) is 2. The smallest absolute Gasteiger partial charge is 0.323 e. The number of carboxylic acid groups (broad SMARTS) is 1. The number of aliphatic hydroxyl groups is 1. The lowest BCUT2D eigenvalue weighted by Crippen LogP contribution is -2.52. The van der Waals surface area contributed by atoms with Gasteiger partial charge in [0.1, 0.15) is 5.54 Å². The number of hydrogen-bond acceptors (Lipinski definition) is 3. The monoisotopic (exact) mass is 189 g/mol. The number of carboxylic acids is 1. The summed E-state index contributed by atoms with van der Waals surface area (Å²) in [6.45, 7) is 6.86. The first-order valence-corrected chi connectivity index (χ1v) is 4.24. The number of nitrogens with zero attached hydrogens (tertiary/aromatic N) is 1. The van der Waals surface area contributed by atoms with E-state index in [0.717, 1.165) is 0 Å². The summed E-state index contributed by atoms with van der Waals surface area (Å²) in [6.07, 6.45) is 0. The van der Waals surface area contributed by atoms with Crippen LogP contribution in [0.5, 0.6) is 0 Å². The van der Waals surface area contributed by atoms with Gasteiger partial charge in [0.05, 0.1) is 5.60 Å². The molecular formula is C9H19NO3. The van der Waals surface area contributed by atoms with E-state index < -0.39 is 17.1 Å². The maximum absolute atomic E-state index is 10.8. The van der Waals surface area contributed by atoms with Crippen LogP contribution in [0.4, 0.5) is 0 Å². The predicted octanol–water partition coefficient (Wildman–Crippen LogP) is 0.552. The minimum atomic E-state index is -0.944. The highest BCUT2D eigenvalue weighted by molar-refractivity contribution is 5.77. The summed E-state index contributed by atoms with van der Waals surface area (Å²) >= 11 is 0. The van der Waals surface area contributed by atoms with E-state index >= 15 is 0 Å². The molecule has 0 heterocycles. The topological polar surface area (TPSA) is 60.8 Å². The molecule has 0 radical (unpaired) electrons. The average Bonchev–Trinajstić information content (AvgIpc) is 1.82. The number of rotatable bonds is 4. The molecule has 0 unspecified atom stereocenters. The highest BCUT2D eigenvalue weighted by atomic mass is 16.4. The van der Waals surface area contributed by atoms with Crippen molar-refractivity contribution in [2.45, 2.75) is 38.8 Å². The average molecular weight is 189 g/mol. The van der Waals surface area contributed by atoms with Gasteiger partial charge in [0.2, 0.25) is 0 Å². The van der Waals surface area contributed by atoms with Crippen LogP contribution in [0.1, 0.15) is 27.7 Å². The van der Waals surface area contributed by atoms with Crippen molar-refractivity contribution in [2.24, 2.45) is 0 Å². The summed E-state index contributed by atoms with van der Waals surface area (Å²) in [5.74, 6) is -0.890. The maximum atomic E-state index is 10.8. The van der Waals surface area contributed by atoms with Crippen molar-refractivity contribution in [1.82, 2.24) is 4.90 Å². The molecule has 0 aliphatic heterocycles. The Morgan fingerprint density at radius 1 is 1.31 bits per heavy atom. The lowest BCUT2D eigenvalue weighted by Gasteiger charge is -2.35.